The van der Waals surface area contributed by atoms with Gasteiger partial charge in [0.25, 0.3) is 0 Å². The van der Waals surface area contributed by atoms with Crippen molar-refractivity contribution in [2.24, 2.45) is 0 Å². The first kappa shape index (κ1) is 35.3. The molecule has 52 heavy (non-hydrogen) atoms. The van der Waals surface area contributed by atoms with Gasteiger partial charge in [-0.2, -0.15) is 0 Å². The quantitative estimate of drug-likeness (QED) is 0.105. The van der Waals surface area contributed by atoms with Gasteiger partial charge in [-0.1, -0.05) is 146 Å². The molecule has 7 rings (SSSR count). The van der Waals surface area contributed by atoms with Gasteiger partial charge in [0.05, 0.1) is 7.05 Å². The van der Waals surface area contributed by atoms with Gasteiger partial charge in [-0.05, 0) is 107 Å². The van der Waals surface area contributed by atoms with Crippen LogP contribution in [-0.4, -0.2) is 14.1 Å². The fourth-order valence-corrected chi connectivity index (χ4v) is 8.71. The molecule has 0 aromatic heterocycles. The highest BCUT2D eigenvalue weighted by Crippen LogP contribution is 2.52. The van der Waals surface area contributed by atoms with Crippen molar-refractivity contribution >= 4 is 33.7 Å². The zero-order valence-corrected chi connectivity index (χ0v) is 31.5. The second-order valence-electron chi connectivity index (χ2n) is 14.6. The van der Waals surface area contributed by atoms with E-state index in [1.807, 2.05) is 6.07 Å². The third-order valence-corrected chi connectivity index (χ3v) is 11.3. The lowest BCUT2D eigenvalue weighted by molar-refractivity contribution is -0.540. The van der Waals surface area contributed by atoms with Crippen LogP contribution in [0.1, 0.15) is 41.7 Å². The Balaban J connectivity index is 1.40. The van der Waals surface area contributed by atoms with Crippen molar-refractivity contribution in [3.63, 3.8) is 0 Å². The van der Waals surface area contributed by atoms with Gasteiger partial charge in [-0.15, -0.1) is 0 Å². The smallest absolute Gasteiger partial charge is 0.134 e. The Bertz CT molecular complexity index is 2230. The third kappa shape index (κ3) is 6.77. The van der Waals surface area contributed by atoms with Crippen LogP contribution in [0.2, 0.25) is 5.02 Å². The van der Waals surface area contributed by atoms with E-state index in [0.717, 1.165) is 35.4 Å². The van der Waals surface area contributed by atoms with Crippen LogP contribution in [0.15, 0.2) is 181 Å². The molecule has 0 saturated heterocycles. The van der Waals surface area contributed by atoms with E-state index >= 15 is 0 Å². The predicted octanol–water partition coefficient (Wildman–Crippen LogP) is 11.1. The number of likely N-dealkylation sites (N-methyl/N-ethyl adjacent to an activating group) is 1. The minimum Gasteiger partial charge on any atom is -0.347 e. The second-order valence-corrected chi connectivity index (χ2v) is 15.0. The Morgan fingerprint density at radius 1 is 0.769 bits per heavy atom. The van der Waals surface area contributed by atoms with Crippen LogP contribution in [0.25, 0.3) is 10.8 Å². The molecule has 2 nitrogen and oxygen atoms in total. The molecule has 1 unspecified atom stereocenters. The lowest BCUT2D eigenvalue weighted by atomic mass is 9.69. The molecule has 0 radical (unpaired) electrons. The van der Waals surface area contributed by atoms with Gasteiger partial charge in [0.1, 0.15) is 5.69 Å². The van der Waals surface area contributed by atoms with Crippen LogP contribution in [0.4, 0.5) is 11.4 Å². The maximum absolute atomic E-state index is 6.80. The van der Waals surface area contributed by atoms with Crippen molar-refractivity contribution < 1.29 is 5.32 Å². The molecule has 0 fully saturated rings. The average Bonchev–Trinajstić information content (AvgIpc) is 3.37. The molecule has 2 N–H and O–H groups in total. The number of anilines is 1. The van der Waals surface area contributed by atoms with Crippen LogP contribution in [0.3, 0.4) is 0 Å². The zero-order chi connectivity index (χ0) is 36.3. The SMILES string of the molecule is C=C(/C=C(C)/C=C1/N(C)c2ccc(Cl)cc2C1(Cc1ccccc1)Cc1ccccc1)C(C)(Cc1ccccc1)c1c([NH2+]C)ccc2ccccc12. The number of hydrogen-bond donors (Lipinski definition) is 1. The molecule has 0 saturated carbocycles. The van der Waals surface area contributed by atoms with Crippen LogP contribution < -0.4 is 10.2 Å². The van der Waals surface area contributed by atoms with Gasteiger partial charge in [-0.3, -0.25) is 0 Å². The molecule has 3 heteroatoms. The zero-order valence-electron chi connectivity index (χ0n) is 30.7. The van der Waals surface area contributed by atoms with Crippen molar-refractivity contribution in [2.45, 2.75) is 43.9 Å². The van der Waals surface area contributed by atoms with Crippen LogP contribution in [-0.2, 0) is 30.1 Å². The summed E-state index contributed by atoms with van der Waals surface area (Å²) < 4.78 is 0. The molecule has 0 spiro atoms. The first-order valence-electron chi connectivity index (χ1n) is 18.3. The summed E-state index contributed by atoms with van der Waals surface area (Å²) in [6.45, 7) is 9.50. The van der Waals surface area contributed by atoms with Gasteiger partial charge >= 0.3 is 0 Å². The maximum atomic E-state index is 6.80. The second kappa shape index (κ2) is 14.8. The van der Waals surface area contributed by atoms with Gasteiger partial charge in [0.15, 0.2) is 0 Å². The minimum atomic E-state index is -0.382. The van der Waals surface area contributed by atoms with Gasteiger partial charge in [-0.25, -0.2) is 0 Å². The molecule has 1 atom stereocenters. The summed E-state index contributed by atoms with van der Waals surface area (Å²) in [6.07, 6.45) is 7.26. The molecule has 0 bridgehead atoms. The number of allylic oxidation sites excluding steroid dienone is 5. The van der Waals surface area contributed by atoms with E-state index in [2.05, 4.69) is 190 Å². The summed E-state index contributed by atoms with van der Waals surface area (Å²) in [5, 5.41) is 5.52. The highest BCUT2D eigenvalue weighted by atomic mass is 35.5. The largest absolute Gasteiger partial charge is 0.347 e. The molecule has 6 aromatic carbocycles. The van der Waals surface area contributed by atoms with Crippen molar-refractivity contribution in [3.8, 4) is 0 Å². The summed E-state index contributed by atoms with van der Waals surface area (Å²) >= 11 is 6.80. The number of halogens is 1. The first-order valence-corrected chi connectivity index (χ1v) is 18.7. The third-order valence-electron chi connectivity index (χ3n) is 11.1. The van der Waals surface area contributed by atoms with E-state index in [0.29, 0.717) is 0 Å². The summed E-state index contributed by atoms with van der Waals surface area (Å²) in [5.41, 5.74) is 11.7. The molecular weight excluding hydrogens is 652 g/mol. The fourth-order valence-electron chi connectivity index (χ4n) is 8.53. The number of quaternary nitrogens is 1. The normalized spacial score (nSPS) is 15.8. The van der Waals surface area contributed by atoms with Crippen LogP contribution in [0, 0.1) is 0 Å². The van der Waals surface area contributed by atoms with Crippen LogP contribution in [0.5, 0.6) is 0 Å². The Morgan fingerprint density at radius 3 is 1.96 bits per heavy atom. The van der Waals surface area contributed by atoms with E-state index in [4.69, 9.17) is 18.2 Å². The van der Waals surface area contributed by atoms with Gasteiger partial charge in [0.2, 0.25) is 0 Å². The average molecular weight is 700 g/mol. The molecular formula is C49H48ClN2+. The molecule has 6 aromatic rings. The standard InChI is InChI=1S/C49H47ClN2/c1-35(29-36(2)48(3,32-37-17-9-6-10-18-37)47-42-24-16-15-23-40(42)25-27-44(47)51-4)30-46-49(33-38-19-11-7-12-20-38,34-39-21-13-8-14-22-39)43-31-41(50)26-28-45(43)52(46)5/h6-31,51H,2,32-34H2,1,3-5H3/p+1/b35-29+,46-30+. The van der Waals surface area contributed by atoms with Crippen molar-refractivity contribution in [3.05, 3.63) is 214 Å². The molecule has 260 valence electrons. The van der Waals surface area contributed by atoms with Crippen molar-refractivity contribution in [2.75, 3.05) is 19.0 Å². The van der Waals surface area contributed by atoms with E-state index in [1.54, 1.807) is 0 Å². The highest BCUT2D eigenvalue weighted by Gasteiger charge is 2.46. The predicted molar refractivity (Wildman–Crippen MR) is 222 cm³/mol. The van der Waals surface area contributed by atoms with Gasteiger partial charge in [0, 0.05) is 39.8 Å². The molecule has 0 amide bonds. The Morgan fingerprint density at radius 2 is 1.35 bits per heavy atom. The molecule has 1 heterocycles. The Kier molecular flexibility index (Phi) is 10.1. The monoisotopic (exact) mass is 699 g/mol. The highest BCUT2D eigenvalue weighted by molar-refractivity contribution is 6.30. The molecule has 0 aliphatic carbocycles. The maximum Gasteiger partial charge on any atom is 0.134 e. The van der Waals surface area contributed by atoms with E-state index < -0.39 is 0 Å². The van der Waals surface area contributed by atoms with Crippen LogP contribution >= 0.6 is 11.6 Å². The van der Waals surface area contributed by atoms with E-state index in [9.17, 15) is 0 Å². The van der Waals surface area contributed by atoms with Gasteiger partial charge < -0.3 is 10.2 Å². The number of hydrogen-bond acceptors (Lipinski definition) is 1. The van der Waals surface area contributed by atoms with E-state index in [1.165, 1.54) is 55.7 Å². The summed E-state index contributed by atoms with van der Waals surface area (Å²) in [5.74, 6) is 0. The minimum absolute atomic E-state index is 0.346. The fraction of sp³-hybridized carbons (Fsp3) is 0.184. The number of fused-ring (bicyclic) bond motifs is 2. The Labute approximate surface area is 314 Å². The lowest BCUT2D eigenvalue weighted by Crippen LogP contribution is -2.73. The van der Waals surface area contributed by atoms with Crippen molar-refractivity contribution in [1.82, 2.24) is 0 Å². The topological polar surface area (TPSA) is 19.9 Å². The number of rotatable bonds is 11. The number of nitrogens with two attached hydrogens (primary N) is 1. The summed E-state index contributed by atoms with van der Waals surface area (Å²) in [7, 11) is 4.35. The Hall–Kier alpha value is -5.15. The van der Waals surface area contributed by atoms with E-state index in [-0.39, 0.29) is 10.8 Å². The summed E-state index contributed by atoms with van der Waals surface area (Å²) in [6, 6.07) is 52.3. The molecule has 1 aliphatic rings. The first-order chi connectivity index (χ1) is 25.2. The number of benzene rings is 6. The van der Waals surface area contributed by atoms with Crippen molar-refractivity contribution in [1.29, 1.82) is 0 Å². The molecule has 1 aliphatic heterocycles. The summed E-state index contributed by atoms with van der Waals surface area (Å²) in [4.78, 5) is 2.38. The number of nitrogens with zero attached hydrogens (tertiary/aromatic N) is 1. The lowest BCUT2D eigenvalue weighted by Gasteiger charge is -2.35.